The summed E-state index contributed by atoms with van der Waals surface area (Å²) in [6.07, 6.45) is 0. The molecule has 0 aliphatic rings. The molecule has 0 aromatic heterocycles. The minimum absolute atomic E-state index is 0.146. The van der Waals surface area contributed by atoms with Gasteiger partial charge in [0.25, 0.3) is 0 Å². The van der Waals surface area contributed by atoms with Gasteiger partial charge >= 0.3 is 5.97 Å². The Balaban J connectivity index is 0. The molecule has 0 heterocycles. The fraction of sp³-hybridized carbons (Fsp3) is 0.714. The lowest BCUT2D eigenvalue weighted by Gasteiger charge is -1.99. The number of carbonyl (C=O) groups is 2. The second kappa shape index (κ2) is 9.90. The second-order valence-corrected chi connectivity index (χ2v) is 1.70. The molecule has 0 saturated heterocycles. The van der Waals surface area contributed by atoms with Crippen molar-refractivity contribution in [1.82, 2.24) is 10.6 Å². The molecule has 0 radical (unpaired) electrons. The van der Waals surface area contributed by atoms with Gasteiger partial charge in [-0.1, -0.05) is 13.8 Å². The molecule has 3 N–H and O–H groups in total. The molecule has 0 unspecified atom stereocenters. The molecule has 0 bridgehead atoms. The van der Waals surface area contributed by atoms with E-state index in [2.05, 4.69) is 10.6 Å². The number of nitrogens with one attached hydrogen (secondary N) is 2. The summed E-state index contributed by atoms with van der Waals surface area (Å²) in [5.74, 6) is -1.35. The van der Waals surface area contributed by atoms with Crippen molar-refractivity contribution in [2.45, 2.75) is 13.8 Å². The van der Waals surface area contributed by atoms with E-state index in [0.29, 0.717) is 0 Å². The molecule has 0 saturated carbocycles. The molecule has 1 amide bonds. The zero-order valence-corrected chi connectivity index (χ0v) is 7.68. The molecule has 0 aromatic rings. The van der Waals surface area contributed by atoms with Gasteiger partial charge < -0.3 is 15.7 Å². The summed E-state index contributed by atoms with van der Waals surface area (Å²) in [4.78, 5) is 20.4. The van der Waals surface area contributed by atoms with Crippen LogP contribution in [0.1, 0.15) is 13.8 Å². The number of amides is 1. The highest BCUT2D eigenvalue weighted by atomic mass is 16.4. The molecule has 0 aliphatic carbocycles. The van der Waals surface area contributed by atoms with Crippen LogP contribution in [-0.2, 0) is 9.59 Å². The van der Waals surface area contributed by atoms with E-state index in [1.165, 1.54) is 0 Å². The molecule has 72 valence electrons. The van der Waals surface area contributed by atoms with Crippen LogP contribution in [0.5, 0.6) is 0 Å². The first-order valence-electron chi connectivity index (χ1n) is 3.80. The number of hydrogen-bond donors (Lipinski definition) is 3. The molecule has 0 aromatic carbocycles. The van der Waals surface area contributed by atoms with Crippen molar-refractivity contribution in [3.63, 3.8) is 0 Å². The standard InChI is InChI=1S/C5H10N2O3.C2H6/c1-6-2-4(8)7-3-5(9)10;1-2/h6H,2-3H2,1H3,(H,7,8)(H,9,10);1-2H3. The number of aliphatic carboxylic acids is 1. The molecular formula is C7H16N2O3. The number of carboxylic acids is 1. The first-order valence-corrected chi connectivity index (χ1v) is 3.80. The Morgan fingerprint density at radius 2 is 1.75 bits per heavy atom. The largest absolute Gasteiger partial charge is 0.480 e. The van der Waals surface area contributed by atoms with Crippen molar-refractivity contribution in [1.29, 1.82) is 0 Å². The van der Waals surface area contributed by atoms with Crippen molar-refractivity contribution in [2.75, 3.05) is 20.1 Å². The lowest BCUT2D eigenvalue weighted by atomic mass is 10.5. The molecule has 0 aliphatic heterocycles. The minimum Gasteiger partial charge on any atom is -0.480 e. The van der Waals surface area contributed by atoms with Crippen LogP contribution in [0, 0.1) is 0 Å². The van der Waals surface area contributed by atoms with E-state index in [1.807, 2.05) is 13.8 Å². The maximum absolute atomic E-state index is 10.5. The zero-order valence-electron chi connectivity index (χ0n) is 7.68. The van der Waals surface area contributed by atoms with Crippen LogP contribution < -0.4 is 10.6 Å². The summed E-state index contributed by atoms with van der Waals surface area (Å²) in [5, 5.41) is 12.9. The Kier molecular flexibility index (Phi) is 11.1. The van der Waals surface area contributed by atoms with E-state index in [9.17, 15) is 9.59 Å². The second-order valence-electron chi connectivity index (χ2n) is 1.70. The quantitative estimate of drug-likeness (QED) is 0.536. The van der Waals surface area contributed by atoms with Gasteiger partial charge in [-0.3, -0.25) is 9.59 Å². The van der Waals surface area contributed by atoms with Crippen LogP contribution >= 0.6 is 0 Å². The third kappa shape index (κ3) is 11.7. The van der Waals surface area contributed by atoms with Gasteiger partial charge in [0.2, 0.25) is 5.91 Å². The predicted molar refractivity (Wildman–Crippen MR) is 45.9 cm³/mol. The Hall–Kier alpha value is -1.10. The van der Waals surface area contributed by atoms with Gasteiger partial charge in [-0.2, -0.15) is 0 Å². The van der Waals surface area contributed by atoms with Gasteiger partial charge in [-0.05, 0) is 7.05 Å². The molecule has 5 nitrogen and oxygen atoms in total. The summed E-state index contributed by atoms with van der Waals surface area (Å²) in [6.45, 7) is 3.83. The van der Waals surface area contributed by atoms with Crippen LogP contribution in [0.2, 0.25) is 0 Å². The van der Waals surface area contributed by atoms with E-state index in [0.717, 1.165) is 0 Å². The maximum atomic E-state index is 10.5. The van der Waals surface area contributed by atoms with E-state index < -0.39 is 5.97 Å². The number of carboxylic acid groups (broad SMARTS) is 1. The predicted octanol–water partition coefficient (Wildman–Crippen LogP) is -0.567. The fourth-order valence-electron chi connectivity index (χ4n) is 0.397. The minimum atomic E-state index is -1.04. The monoisotopic (exact) mass is 176 g/mol. The van der Waals surface area contributed by atoms with Gasteiger partial charge in [0.05, 0.1) is 6.54 Å². The van der Waals surface area contributed by atoms with Crippen LogP contribution in [-0.4, -0.2) is 37.1 Å². The Bertz CT molecular complexity index is 137. The first kappa shape index (κ1) is 13.5. The zero-order chi connectivity index (χ0) is 9.98. The summed E-state index contributed by atoms with van der Waals surface area (Å²) >= 11 is 0. The van der Waals surface area contributed by atoms with Gasteiger partial charge in [-0.25, -0.2) is 0 Å². The maximum Gasteiger partial charge on any atom is 0.322 e. The average molecular weight is 176 g/mol. The smallest absolute Gasteiger partial charge is 0.322 e. The molecule has 12 heavy (non-hydrogen) atoms. The van der Waals surface area contributed by atoms with Crippen LogP contribution in [0.15, 0.2) is 0 Å². The lowest BCUT2D eigenvalue weighted by molar-refractivity contribution is -0.137. The van der Waals surface area contributed by atoms with Crippen molar-refractivity contribution in [3.05, 3.63) is 0 Å². The number of hydrogen-bond acceptors (Lipinski definition) is 3. The number of likely N-dealkylation sites (N-methyl/N-ethyl adjacent to an activating group) is 1. The Morgan fingerprint density at radius 1 is 1.25 bits per heavy atom. The Morgan fingerprint density at radius 3 is 2.08 bits per heavy atom. The molecule has 5 heteroatoms. The van der Waals surface area contributed by atoms with Gasteiger partial charge in [0, 0.05) is 0 Å². The van der Waals surface area contributed by atoms with Crippen LogP contribution in [0.3, 0.4) is 0 Å². The topological polar surface area (TPSA) is 78.4 Å². The van der Waals surface area contributed by atoms with E-state index >= 15 is 0 Å². The van der Waals surface area contributed by atoms with Gasteiger partial charge in [-0.15, -0.1) is 0 Å². The highest BCUT2D eigenvalue weighted by Gasteiger charge is 2.00. The first-order chi connectivity index (χ1) is 5.66. The van der Waals surface area contributed by atoms with Crippen molar-refractivity contribution >= 4 is 11.9 Å². The summed E-state index contributed by atoms with van der Waals surface area (Å²) < 4.78 is 0. The molecule has 0 spiro atoms. The number of carbonyl (C=O) groups excluding carboxylic acids is 1. The normalized spacial score (nSPS) is 7.92. The highest BCUT2D eigenvalue weighted by molar-refractivity contribution is 5.82. The highest BCUT2D eigenvalue weighted by Crippen LogP contribution is 1.62. The van der Waals surface area contributed by atoms with Gasteiger partial charge in [0.15, 0.2) is 0 Å². The molecule has 0 atom stereocenters. The third-order valence-electron chi connectivity index (χ3n) is 0.774. The third-order valence-corrected chi connectivity index (χ3v) is 0.774. The van der Waals surface area contributed by atoms with E-state index in [1.54, 1.807) is 7.05 Å². The van der Waals surface area contributed by atoms with Crippen LogP contribution in [0.25, 0.3) is 0 Å². The van der Waals surface area contributed by atoms with E-state index in [-0.39, 0.29) is 19.0 Å². The SMILES string of the molecule is CC.CNCC(=O)NCC(=O)O. The van der Waals surface area contributed by atoms with Crippen molar-refractivity contribution < 1.29 is 14.7 Å². The summed E-state index contributed by atoms with van der Waals surface area (Å²) in [5.41, 5.74) is 0. The average Bonchev–Trinajstić information content (AvgIpc) is 2.05. The molecule has 0 fully saturated rings. The molecular weight excluding hydrogens is 160 g/mol. The van der Waals surface area contributed by atoms with E-state index in [4.69, 9.17) is 5.11 Å². The summed E-state index contributed by atoms with van der Waals surface area (Å²) in [6, 6.07) is 0. The van der Waals surface area contributed by atoms with Crippen LogP contribution in [0.4, 0.5) is 0 Å². The van der Waals surface area contributed by atoms with Crippen molar-refractivity contribution in [3.8, 4) is 0 Å². The number of rotatable bonds is 4. The summed E-state index contributed by atoms with van der Waals surface area (Å²) in [7, 11) is 1.61. The fourth-order valence-corrected chi connectivity index (χ4v) is 0.397. The molecule has 0 rings (SSSR count). The lowest BCUT2D eigenvalue weighted by Crippen LogP contribution is -2.35. The van der Waals surface area contributed by atoms with Gasteiger partial charge in [0.1, 0.15) is 6.54 Å². The Labute approximate surface area is 72.2 Å². The van der Waals surface area contributed by atoms with Crippen molar-refractivity contribution in [2.24, 2.45) is 0 Å².